The number of carbonyl (C=O) groups is 1. The van der Waals surface area contributed by atoms with Gasteiger partial charge in [-0.1, -0.05) is 17.7 Å². The average molecular weight is 358 g/mol. The van der Waals surface area contributed by atoms with Crippen molar-refractivity contribution in [2.24, 2.45) is 4.99 Å². The maximum atomic E-state index is 12.1. The van der Waals surface area contributed by atoms with Crippen LogP contribution in [0.25, 0.3) is 6.08 Å². The summed E-state index contributed by atoms with van der Waals surface area (Å²) in [6, 6.07) is 10.7. The molecule has 0 radical (unpaired) electrons. The molecule has 1 aliphatic rings. The topological polar surface area (TPSA) is 57.1 Å². The number of aryl methyl sites for hydroxylation is 1. The Hall–Kier alpha value is -2.79. The second-order valence-corrected chi connectivity index (χ2v) is 5.82. The van der Waals surface area contributed by atoms with Crippen molar-refractivity contribution in [1.82, 2.24) is 0 Å². The molecule has 1 aliphatic heterocycles. The zero-order chi connectivity index (χ0) is 18.0. The molecule has 0 saturated carbocycles. The predicted molar refractivity (Wildman–Crippen MR) is 96.3 cm³/mol. The van der Waals surface area contributed by atoms with E-state index in [4.69, 9.17) is 25.8 Å². The largest absolute Gasteiger partial charge is 0.497 e. The Morgan fingerprint density at radius 2 is 1.92 bits per heavy atom. The van der Waals surface area contributed by atoms with Crippen molar-refractivity contribution < 1.29 is 19.0 Å². The highest BCUT2D eigenvalue weighted by Crippen LogP contribution is 2.28. The van der Waals surface area contributed by atoms with Gasteiger partial charge in [0, 0.05) is 22.2 Å². The van der Waals surface area contributed by atoms with Crippen LogP contribution in [0, 0.1) is 6.92 Å². The first-order chi connectivity index (χ1) is 12.0. The van der Waals surface area contributed by atoms with Crippen LogP contribution in [-0.2, 0) is 9.53 Å². The Morgan fingerprint density at radius 3 is 2.60 bits per heavy atom. The molecule has 0 spiro atoms. The smallest absolute Gasteiger partial charge is 0.363 e. The van der Waals surface area contributed by atoms with E-state index in [2.05, 4.69) is 4.99 Å². The average Bonchev–Trinajstić information content (AvgIpc) is 2.98. The van der Waals surface area contributed by atoms with E-state index in [1.807, 2.05) is 19.1 Å². The van der Waals surface area contributed by atoms with Crippen molar-refractivity contribution in [2.75, 3.05) is 14.2 Å². The van der Waals surface area contributed by atoms with Crippen LogP contribution in [0.1, 0.15) is 16.7 Å². The van der Waals surface area contributed by atoms with Crippen molar-refractivity contribution in [3.8, 4) is 11.5 Å². The van der Waals surface area contributed by atoms with Crippen molar-refractivity contribution in [3.05, 3.63) is 63.8 Å². The van der Waals surface area contributed by atoms with Crippen LogP contribution in [0.2, 0.25) is 5.02 Å². The molecule has 2 aromatic carbocycles. The third-order valence-corrected chi connectivity index (χ3v) is 4.18. The van der Waals surface area contributed by atoms with Gasteiger partial charge >= 0.3 is 5.97 Å². The Bertz CT molecular complexity index is 902. The van der Waals surface area contributed by atoms with Gasteiger partial charge in [0.25, 0.3) is 0 Å². The van der Waals surface area contributed by atoms with E-state index in [1.165, 1.54) is 0 Å². The summed E-state index contributed by atoms with van der Waals surface area (Å²) >= 11 is 6.12. The number of methoxy groups -OCH3 is 2. The Morgan fingerprint density at radius 1 is 1.12 bits per heavy atom. The summed E-state index contributed by atoms with van der Waals surface area (Å²) in [5.41, 5.74) is 2.47. The number of hydrogen-bond donors (Lipinski definition) is 0. The Labute approximate surface area is 150 Å². The quantitative estimate of drug-likeness (QED) is 0.612. The van der Waals surface area contributed by atoms with Crippen LogP contribution in [0.4, 0.5) is 0 Å². The molecular formula is C19H16ClNO4. The summed E-state index contributed by atoms with van der Waals surface area (Å²) < 4.78 is 15.8. The molecule has 0 aliphatic carbocycles. The first-order valence-electron chi connectivity index (χ1n) is 7.53. The maximum absolute atomic E-state index is 12.1. The molecule has 0 fully saturated rings. The second-order valence-electron chi connectivity index (χ2n) is 5.41. The number of cyclic esters (lactones) is 1. The number of carbonyl (C=O) groups excluding carboxylic acids is 1. The maximum Gasteiger partial charge on any atom is 0.363 e. The van der Waals surface area contributed by atoms with Gasteiger partial charge in [0.05, 0.1) is 14.2 Å². The van der Waals surface area contributed by atoms with Gasteiger partial charge < -0.3 is 14.2 Å². The molecule has 0 N–H and O–H groups in total. The highest BCUT2D eigenvalue weighted by Gasteiger charge is 2.25. The van der Waals surface area contributed by atoms with Gasteiger partial charge in [0.1, 0.15) is 11.5 Å². The van der Waals surface area contributed by atoms with Gasteiger partial charge in [-0.25, -0.2) is 9.79 Å². The van der Waals surface area contributed by atoms with Crippen molar-refractivity contribution in [2.45, 2.75) is 6.92 Å². The molecule has 0 saturated heterocycles. The molecular weight excluding hydrogens is 342 g/mol. The molecule has 1 heterocycles. The highest BCUT2D eigenvalue weighted by molar-refractivity contribution is 6.31. The zero-order valence-corrected chi connectivity index (χ0v) is 14.8. The lowest BCUT2D eigenvalue weighted by molar-refractivity contribution is -0.129. The minimum Gasteiger partial charge on any atom is -0.497 e. The van der Waals surface area contributed by atoms with E-state index < -0.39 is 5.97 Å². The number of ether oxygens (including phenoxy) is 3. The highest BCUT2D eigenvalue weighted by atomic mass is 35.5. The molecule has 0 unspecified atom stereocenters. The molecule has 128 valence electrons. The number of esters is 1. The van der Waals surface area contributed by atoms with Gasteiger partial charge in [-0.2, -0.15) is 0 Å². The predicted octanol–water partition coefficient (Wildman–Crippen LogP) is 4.01. The SMILES string of the molecule is COc1ccc(/C=C2\N=C(c3ccc(C)c(Cl)c3)OC2=O)c(OC)c1. The minimum absolute atomic E-state index is 0.190. The number of rotatable bonds is 4. The lowest BCUT2D eigenvalue weighted by Crippen LogP contribution is -2.05. The van der Waals surface area contributed by atoms with Crippen LogP contribution >= 0.6 is 11.6 Å². The molecule has 6 heteroatoms. The minimum atomic E-state index is -0.524. The van der Waals surface area contributed by atoms with Gasteiger partial charge in [-0.3, -0.25) is 0 Å². The summed E-state index contributed by atoms with van der Waals surface area (Å²) in [4.78, 5) is 16.4. The van der Waals surface area contributed by atoms with Gasteiger partial charge in [-0.15, -0.1) is 0 Å². The van der Waals surface area contributed by atoms with Crippen LogP contribution in [0.3, 0.4) is 0 Å². The van der Waals surface area contributed by atoms with Crippen LogP contribution in [-0.4, -0.2) is 26.1 Å². The van der Waals surface area contributed by atoms with Gasteiger partial charge in [0.15, 0.2) is 5.70 Å². The lowest BCUT2D eigenvalue weighted by Gasteiger charge is -2.07. The summed E-state index contributed by atoms with van der Waals surface area (Å²) in [5.74, 6) is 0.934. The molecule has 2 aromatic rings. The lowest BCUT2D eigenvalue weighted by atomic mass is 10.1. The summed E-state index contributed by atoms with van der Waals surface area (Å²) in [6.07, 6.45) is 1.61. The monoisotopic (exact) mass is 357 g/mol. The summed E-state index contributed by atoms with van der Waals surface area (Å²) in [5, 5.41) is 0.588. The van der Waals surface area contributed by atoms with Crippen molar-refractivity contribution in [3.63, 3.8) is 0 Å². The molecule has 0 aromatic heterocycles. The van der Waals surface area contributed by atoms with E-state index in [-0.39, 0.29) is 11.6 Å². The van der Waals surface area contributed by atoms with E-state index in [1.54, 1.807) is 44.6 Å². The second kappa shape index (κ2) is 6.99. The molecule has 3 rings (SSSR count). The fourth-order valence-electron chi connectivity index (χ4n) is 2.34. The normalized spacial score (nSPS) is 15.1. The standard InChI is InChI=1S/C19H16ClNO4/c1-11-4-5-13(8-15(11)20)18-21-16(19(22)25-18)9-12-6-7-14(23-2)10-17(12)24-3/h4-10H,1-3H3/b16-9-. The fourth-order valence-corrected chi connectivity index (χ4v) is 2.52. The van der Waals surface area contributed by atoms with E-state index >= 15 is 0 Å². The number of nitrogens with zero attached hydrogens (tertiary/aromatic N) is 1. The van der Waals surface area contributed by atoms with E-state index in [0.29, 0.717) is 27.6 Å². The first-order valence-corrected chi connectivity index (χ1v) is 7.90. The van der Waals surface area contributed by atoms with E-state index in [0.717, 1.165) is 5.56 Å². The first kappa shape index (κ1) is 17.0. The molecule has 0 bridgehead atoms. The van der Waals surface area contributed by atoms with Gasteiger partial charge in [-0.05, 0) is 42.8 Å². The number of aliphatic imine (C=N–C) groups is 1. The van der Waals surface area contributed by atoms with Crippen LogP contribution in [0.15, 0.2) is 47.1 Å². The summed E-state index contributed by atoms with van der Waals surface area (Å²) in [7, 11) is 3.12. The Kier molecular flexibility index (Phi) is 4.76. The molecule has 25 heavy (non-hydrogen) atoms. The number of benzene rings is 2. The third-order valence-electron chi connectivity index (χ3n) is 3.77. The van der Waals surface area contributed by atoms with Crippen molar-refractivity contribution >= 4 is 29.5 Å². The molecule has 0 atom stereocenters. The van der Waals surface area contributed by atoms with Crippen molar-refractivity contribution in [1.29, 1.82) is 0 Å². The fraction of sp³-hybridized carbons (Fsp3) is 0.158. The number of halogens is 1. The number of hydrogen-bond acceptors (Lipinski definition) is 5. The molecule has 5 nitrogen and oxygen atoms in total. The molecule has 0 amide bonds. The third kappa shape index (κ3) is 3.51. The van der Waals surface area contributed by atoms with Crippen LogP contribution < -0.4 is 9.47 Å². The van der Waals surface area contributed by atoms with E-state index in [9.17, 15) is 4.79 Å². The Balaban J connectivity index is 1.97. The summed E-state index contributed by atoms with van der Waals surface area (Å²) in [6.45, 7) is 1.90. The van der Waals surface area contributed by atoms with Crippen LogP contribution in [0.5, 0.6) is 11.5 Å². The van der Waals surface area contributed by atoms with Gasteiger partial charge in [0.2, 0.25) is 5.90 Å². The zero-order valence-electron chi connectivity index (χ0n) is 14.0.